The number of carbonyl (C=O) groups excluding carboxylic acids is 1. The Morgan fingerprint density at radius 2 is 1.80 bits per heavy atom. The van der Waals surface area contributed by atoms with Crippen molar-refractivity contribution in [1.29, 1.82) is 0 Å². The van der Waals surface area contributed by atoms with Crippen molar-refractivity contribution in [2.75, 3.05) is 5.75 Å². The lowest BCUT2D eigenvalue weighted by Crippen LogP contribution is -2.30. The molecule has 0 spiro atoms. The van der Waals surface area contributed by atoms with Gasteiger partial charge in [0.1, 0.15) is 5.75 Å². The molecule has 0 radical (unpaired) electrons. The largest absolute Gasteiger partial charge is 0.293 e. The Morgan fingerprint density at radius 1 is 1.15 bits per heavy atom. The lowest BCUT2D eigenvalue weighted by atomic mass is 10.0. The summed E-state index contributed by atoms with van der Waals surface area (Å²) in [6, 6.07) is 5.59. The first-order chi connectivity index (χ1) is 9.40. The second-order valence-corrected chi connectivity index (χ2v) is 8.09. The van der Waals surface area contributed by atoms with Gasteiger partial charge in [0.25, 0.3) is 0 Å². The number of Topliss-reactive ketones (excluding diaryl/α,β-unsaturated/α-hetero) is 1. The topological polar surface area (TPSA) is 51.2 Å². The molecule has 1 aromatic carbocycles. The second-order valence-electron chi connectivity index (χ2n) is 5.81. The summed E-state index contributed by atoms with van der Waals surface area (Å²) in [5.41, 5.74) is 2.37. The number of ketones is 1. The van der Waals surface area contributed by atoms with E-state index in [4.69, 9.17) is 0 Å². The summed E-state index contributed by atoms with van der Waals surface area (Å²) in [5.74, 6) is -0.612. The van der Waals surface area contributed by atoms with Crippen LogP contribution in [-0.2, 0) is 9.84 Å². The van der Waals surface area contributed by atoms with Crippen molar-refractivity contribution >= 4 is 15.6 Å². The zero-order valence-corrected chi connectivity index (χ0v) is 13.0. The Morgan fingerprint density at radius 3 is 2.45 bits per heavy atom. The summed E-state index contributed by atoms with van der Waals surface area (Å²) in [6.45, 7) is 3.76. The van der Waals surface area contributed by atoms with Crippen LogP contribution in [0, 0.1) is 13.8 Å². The van der Waals surface area contributed by atoms with Crippen LogP contribution in [0.5, 0.6) is 0 Å². The maximum absolute atomic E-state index is 12.3. The highest BCUT2D eigenvalue weighted by Gasteiger charge is 2.30. The fourth-order valence-electron chi connectivity index (χ4n) is 2.84. The Balaban J connectivity index is 2.16. The predicted molar refractivity (Wildman–Crippen MR) is 80.9 cm³/mol. The molecule has 110 valence electrons. The number of aryl methyl sites for hydroxylation is 2. The highest BCUT2D eigenvalue weighted by molar-refractivity contribution is 7.92. The third kappa shape index (κ3) is 3.48. The molecule has 0 atom stereocenters. The van der Waals surface area contributed by atoms with Crippen LogP contribution in [0.15, 0.2) is 18.2 Å². The van der Waals surface area contributed by atoms with E-state index in [1.165, 1.54) is 0 Å². The van der Waals surface area contributed by atoms with Crippen LogP contribution in [0.3, 0.4) is 0 Å². The molecule has 0 saturated heterocycles. The highest BCUT2D eigenvalue weighted by Crippen LogP contribution is 2.25. The van der Waals surface area contributed by atoms with E-state index in [0.717, 1.165) is 30.4 Å². The van der Waals surface area contributed by atoms with E-state index in [2.05, 4.69) is 0 Å². The van der Waals surface area contributed by atoms with E-state index >= 15 is 0 Å². The third-order valence-electron chi connectivity index (χ3n) is 4.09. The van der Waals surface area contributed by atoms with Gasteiger partial charge >= 0.3 is 0 Å². The van der Waals surface area contributed by atoms with Gasteiger partial charge in [0, 0.05) is 5.56 Å². The number of sulfone groups is 1. The van der Waals surface area contributed by atoms with Crippen LogP contribution in [0.1, 0.15) is 53.6 Å². The molecule has 0 aromatic heterocycles. The predicted octanol–water partition coefficient (Wildman–Crippen LogP) is 3.23. The van der Waals surface area contributed by atoms with E-state index in [9.17, 15) is 13.2 Å². The summed E-state index contributed by atoms with van der Waals surface area (Å²) in [7, 11) is -3.31. The number of hydrogen-bond donors (Lipinski definition) is 0. The van der Waals surface area contributed by atoms with E-state index in [0.29, 0.717) is 18.4 Å². The molecule has 3 nitrogen and oxygen atoms in total. The Bertz CT molecular complexity index is 596. The van der Waals surface area contributed by atoms with Crippen LogP contribution in [0.4, 0.5) is 0 Å². The normalized spacial score (nSPS) is 17.1. The van der Waals surface area contributed by atoms with Crippen molar-refractivity contribution in [3.63, 3.8) is 0 Å². The summed E-state index contributed by atoms with van der Waals surface area (Å²) in [4.78, 5) is 12.3. The molecule has 0 N–H and O–H groups in total. The third-order valence-corrected chi connectivity index (χ3v) is 6.24. The van der Waals surface area contributed by atoms with Crippen molar-refractivity contribution in [2.45, 2.75) is 51.2 Å². The van der Waals surface area contributed by atoms with Crippen molar-refractivity contribution in [2.24, 2.45) is 0 Å². The molecule has 1 saturated carbocycles. The number of carbonyl (C=O) groups is 1. The van der Waals surface area contributed by atoms with Crippen LogP contribution in [0.2, 0.25) is 0 Å². The first kappa shape index (κ1) is 15.2. The standard InChI is InChI=1S/C16H22O3S/c1-12-8-9-13(2)15(10-12)16(17)11-20(18,19)14-6-4-3-5-7-14/h8-10,14H,3-7,11H2,1-2H3. The lowest BCUT2D eigenvalue weighted by Gasteiger charge is -2.21. The average molecular weight is 294 g/mol. The lowest BCUT2D eigenvalue weighted by molar-refractivity contribution is 0.102. The van der Waals surface area contributed by atoms with Crippen molar-refractivity contribution in [3.05, 3.63) is 34.9 Å². The summed E-state index contributed by atoms with van der Waals surface area (Å²) in [6.07, 6.45) is 4.45. The van der Waals surface area contributed by atoms with Gasteiger partial charge in [-0.2, -0.15) is 0 Å². The summed E-state index contributed by atoms with van der Waals surface area (Å²) in [5, 5.41) is -0.315. The Labute approximate surface area is 121 Å². The first-order valence-corrected chi connectivity index (χ1v) is 8.94. The van der Waals surface area contributed by atoms with Gasteiger partial charge in [0.15, 0.2) is 15.6 Å². The molecule has 4 heteroatoms. The Kier molecular flexibility index (Phi) is 4.63. The van der Waals surface area contributed by atoms with Crippen molar-refractivity contribution in [3.8, 4) is 0 Å². The van der Waals surface area contributed by atoms with Gasteiger partial charge in [-0.1, -0.05) is 37.0 Å². The van der Waals surface area contributed by atoms with E-state index in [1.807, 2.05) is 26.0 Å². The molecule has 1 fully saturated rings. The molecule has 0 unspecified atom stereocenters. The molecule has 0 heterocycles. The molecule has 2 rings (SSSR count). The summed E-state index contributed by atoms with van der Waals surface area (Å²) < 4.78 is 24.7. The zero-order valence-electron chi connectivity index (χ0n) is 12.2. The molecule has 0 aliphatic heterocycles. The minimum absolute atomic E-state index is 0.267. The smallest absolute Gasteiger partial charge is 0.178 e. The molecular weight excluding hydrogens is 272 g/mol. The maximum atomic E-state index is 12.3. The number of rotatable bonds is 4. The minimum atomic E-state index is -3.31. The fraction of sp³-hybridized carbons (Fsp3) is 0.562. The average Bonchev–Trinajstić information content (AvgIpc) is 2.42. The quantitative estimate of drug-likeness (QED) is 0.801. The van der Waals surface area contributed by atoms with Gasteiger partial charge in [0.05, 0.1) is 5.25 Å². The van der Waals surface area contributed by atoms with E-state index < -0.39 is 9.84 Å². The first-order valence-electron chi connectivity index (χ1n) is 7.22. The number of hydrogen-bond acceptors (Lipinski definition) is 3. The monoisotopic (exact) mass is 294 g/mol. The van der Waals surface area contributed by atoms with Gasteiger partial charge < -0.3 is 0 Å². The highest BCUT2D eigenvalue weighted by atomic mass is 32.2. The van der Waals surface area contributed by atoms with Crippen LogP contribution >= 0.6 is 0 Å². The molecule has 1 aliphatic rings. The van der Waals surface area contributed by atoms with Crippen LogP contribution in [-0.4, -0.2) is 25.2 Å². The summed E-state index contributed by atoms with van der Waals surface area (Å²) >= 11 is 0. The molecule has 1 aliphatic carbocycles. The van der Waals surface area contributed by atoms with Crippen LogP contribution < -0.4 is 0 Å². The Hall–Kier alpha value is -1.16. The second kappa shape index (κ2) is 6.08. The minimum Gasteiger partial charge on any atom is -0.293 e. The fourth-order valence-corrected chi connectivity index (χ4v) is 4.65. The molecule has 20 heavy (non-hydrogen) atoms. The maximum Gasteiger partial charge on any atom is 0.178 e. The molecule has 1 aromatic rings. The van der Waals surface area contributed by atoms with Gasteiger partial charge in [-0.15, -0.1) is 0 Å². The molecule has 0 amide bonds. The van der Waals surface area contributed by atoms with Gasteiger partial charge in [0.2, 0.25) is 0 Å². The van der Waals surface area contributed by atoms with Crippen LogP contribution in [0.25, 0.3) is 0 Å². The van der Waals surface area contributed by atoms with E-state index in [-0.39, 0.29) is 16.8 Å². The van der Waals surface area contributed by atoms with E-state index in [1.54, 1.807) is 6.07 Å². The molecule has 0 bridgehead atoms. The van der Waals surface area contributed by atoms with Crippen molar-refractivity contribution < 1.29 is 13.2 Å². The van der Waals surface area contributed by atoms with Gasteiger partial charge in [-0.3, -0.25) is 4.79 Å². The SMILES string of the molecule is Cc1ccc(C)c(C(=O)CS(=O)(=O)C2CCCCC2)c1. The van der Waals surface area contributed by atoms with Crippen molar-refractivity contribution in [1.82, 2.24) is 0 Å². The zero-order chi connectivity index (χ0) is 14.8. The van der Waals surface area contributed by atoms with Gasteiger partial charge in [-0.05, 0) is 38.3 Å². The van der Waals surface area contributed by atoms with Gasteiger partial charge in [-0.25, -0.2) is 8.42 Å². The molecular formula is C16H22O3S. The number of benzene rings is 1.